The van der Waals surface area contributed by atoms with Gasteiger partial charge in [0.15, 0.2) is 23.0 Å². The number of allylic oxidation sites excluding steroid dienone is 2. The highest BCUT2D eigenvalue weighted by Gasteiger charge is 2.36. The van der Waals surface area contributed by atoms with Crippen molar-refractivity contribution in [2.45, 2.75) is 64.8 Å². The molecular weight excluding hydrogens is 683 g/mol. The van der Waals surface area contributed by atoms with E-state index in [-0.39, 0.29) is 37.1 Å². The van der Waals surface area contributed by atoms with Gasteiger partial charge in [-0.2, -0.15) is 0 Å². The number of carbonyl (C=O) groups excluding carboxylic acids is 2. The zero-order chi connectivity index (χ0) is 37.9. The van der Waals surface area contributed by atoms with E-state index >= 15 is 0 Å². The first-order valence-electron chi connectivity index (χ1n) is 18.6. The Kier molecular flexibility index (Phi) is 10.9. The number of methoxy groups -OCH3 is 2. The Bertz CT molecular complexity index is 1930. The maximum Gasteiger partial charge on any atom is 0.257 e. The number of amides is 2. The van der Waals surface area contributed by atoms with E-state index in [0.717, 1.165) is 43.4 Å². The lowest BCUT2D eigenvalue weighted by molar-refractivity contribution is 0.0769. The van der Waals surface area contributed by atoms with Gasteiger partial charge in [0.25, 0.3) is 11.8 Å². The van der Waals surface area contributed by atoms with E-state index in [1.807, 2.05) is 36.1 Å². The van der Waals surface area contributed by atoms with Crippen LogP contribution in [0.15, 0.2) is 75.7 Å². The number of ether oxygens (including phenoxy) is 4. The molecule has 0 aromatic heterocycles. The maximum atomic E-state index is 13.6. The lowest BCUT2D eigenvalue weighted by Crippen LogP contribution is -2.35. The van der Waals surface area contributed by atoms with Crippen LogP contribution in [-0.2, 0) is 19.6 Å². The number of aryl methyl sites for hydroxylation is 1. The zero-order valence-electron chi connectivity index (χ0n) is 32.1. The van der Waals surface area contributed by atoms with Crippen LogP contribution in [0.5, 0.6) is 23.0 Å². The number of carbonyl (C=O) groups is 2. The Labute approximate surface area is 317 Å². The highest BCUT2D eigenvalue weighted by molar-refractivity contribution is 6.04. The van der Waals surface area contributed by atoms with Crippen molar-refractivity contribution in [1.29, 1.82) is 0 Å². The van der Waals surface area contributed by atoms with Gasteiger partial charge in [0.1, 0.15) is 13.2 Å². The fourth-order valence-corrected chi connectivity index (χ4v) is 7.60. The minimum atomic E-state index is -0.0622. The molecule has 0 saturated carbocycles. The van der Waals surface area contributed by atoms with E-state index in [2.05, 4.69) is 49.3 Å². The molecule has 11 nitrogen and oxygen atoms in total. The highest BCUT2D eigenvalue weighted by atomic mass is 16.5. The molecule has 0 bridgehead atoms. The van der Waals surface area contributed by atoms with Crippen molar-refractivity contribution in [3.63, 3.8) is 0 Å². The molecule has 0 unspecified atom stereocenters. The summed E-state index contributed by atoms with van der Waals surface area (Å²) in [7, 11) is 7.31. The second-order valence-electron chi connectivity index (χ2n) is 14.5. The van der Waals surface area contributed by atoms with Crippen LogP contribution in [0.25, 0.3) is 0 Å². The van der Waals surface area contributed by atoms with E-state index in [0.29, 0.717) is 58.6 Å². The van der Waals surface area contributed by atoms with Crippen LogP contribution in [0, 0.1) is 0 Å². The number of hydrogen-bond acceptors (Lipinski definition) is 9. The largest absolute Gasteiger partial charge is 0.493 e. The topological polar surface area (TPSA) is 106 Å². The van der Waals surface area contributed by atoms with Crippen LogP contribution in [-0.4, -0.2) is 99.0 Å². The number of hydrogen-bond donors (Lipinski definition) is 0. The van der Waals surface area contributed by atoms with Gasteiger partial charge in [-0.15, -0.1) is 0 Å². The summed E-state index contributed by atoms with van der Waals surface area (Å²) < 4.78 is 24.3. The SMILES string of the molecule is C/C=C1\C[C@H]2C=Nc3cc(OCc4cc(CCCN(C)C)cc(COc5cc6c(cc5OC)C(=O)N5C/C(=C/C)C[C@H]5C=N6)c4)c(OC)cc3C(=O)N2C1. The Morgan fingerprint density at radius 2 is 1.15 bits per heavy atom. The minimum Gasteiger partial charge on any atom is -0.493 e. The molecule has 7 rings (SSSR count). The van der Waals surface area contributed by atoms with Crippen molar-refractivity contribution in [2.75, 3.05) is 47.9 Å². The molecule has 4 aliphatic rings. The Balaban J connectivity index is 1.12. The zero-order valence-corrected chi connectivity index (χ0v) is 32.1. The molecule has 2 saturated heterocycles. The third-order valence-corrected chi connectivity index (χ3v) is 10.6. The van der Waals surface area contributed by atoms with E-state index in [9.17, 15) is 9.59 Å². The third kappa shape index (κ3) is 7.64. The fraction of sp³-hybridized carbons (Fsp3) is 0.395. The van der Waals surface area contributed by atoms with Crippen molar-refractivity contribution in [3.8, 4) is 23.0 Å². The fourth-order valence-electron chi connectivity index (χ4n) is 7.60. The number of aliphatic imine (C=N–C) groups is 2. The molecule has 2 amide bonds. The second kappa shape index (κ2) is 15.9. The summed E-state index contributed by atoms with van der Waals surface area (Å²) in [5.41, 5.74) is 7.73. The van der Waals surface area contributed by atoms with Crippen molar-refractivity contribution < 1.29 is 28.5 Å². The summed E-state index contributed by atoms with van der Waals surface area (Å²) in [4.78, 5) is 42.5. The van der Waals surface area contributed by atoms with Crippen molar-refractivity contribution >= 4 is 35.6 Å². The van der Waals surface area contributed by atoms with Gasteiger partial charge in [0.05, 0.1) is 48.8 Å². The van der Waals surface area contributed by atoms with Gasteiger partial charge in [-0.3, -0.25) is 19.6 Å². The first kappa shape index (κ1) is 36.9. The van der Waals surface area contributed by atoms with E-state index in [1.54, 1.807) is 38.5 Å². The monoisotopic (exact) mass is 731 g/mol. The Morgan fingerprint density at radius 1 is 0.685 bits per heavy atom. The van der Waals surface area contributed by atoms with E-state index in [4.69, 9.17) is 28.9 Å². The van der Waals surface area contributed by atoms with Gasteiger partial charge in [-0.25, -0.2) is 0 Å². The standard InChI is InChI=1S/C43H49N5O6/c1-7-27-15-32-21-44-36-19-40(38(51-5)17-34(36)42(49)47(32)23-27)53-25-30-12-29(10-9-11-46(3)4)13-31(14-30)26-54-41-20-37-35(18-39(41)52-6)43(50)48-24-28(8-2)16-33(48)22-45-37/h7-8,12-14,17-22,32-33H,9-11,15-16,23-26H2,1-6H3/b27-7+,28-8+/t32-,33-/m0/s1. The predicted molar refractivity (Wildman–Crippen MR) is 211 cm³/mol. The molecule has 54 heavy (non-hydrogen) atoms. The van der Waals surface area contributed by atoms with Gasteiger partial charge in [0, 0.05) is 37.7 Å². The smallest absolute Gasteiger partial charge is 0.257 e. The number of benzene rings is 3. The molecule has 11 heteroatoms. The molecule has 0 radical (unpaired) electrons. The molecule has 4 heterocycles. The normalized spacial score (nSPS) is 20.2. The minimum absolute atomic E-state index is 0.0582. The number of nitrogens with zero attached hydrogens (tertiary/aromatic N) is 5. The third-order valence-electron chi connectivity index (χ3n) is 10.6. The summed E-state index contributed by atoms with van der Waals surface area (Å²) in [5, 5.41) is 0. The van der Waals surface area contributed by atoms with Gasteiger partial charge in [0.2, 0.25) is 0 Å². The molecule has 3 aromatic carbocycles. The number of fused-ring (bicyclic) bond motifs is 4. The summed E-state index contributed by atoms with van der Waals surface area (Å²) >= 11 is 0. The van der Waals surface area contributed by atoms with E-state index < -0.39 is 0 Å². The Hall–Kier alpha value is -5.42. The second-order valence-corrected chi connectivity index (χ2v) is 14.5. The van der Waals surface area contributed by atoms with Crippen LogP contribution in [0.2, 0.25) is 0 Å². The summed E-state index contributed by atoms with van der Waals surface area (Å²) in [6.07, 6.45) is 11.4. The van der Waals surface area contributed by atoms with Crippen LogP contribution in [0.4, 0.5) is 11.4 Å². The molecular formula is C43H49N5O6. The van der Waals surface area contributed by atoms with Gasteiger partial charge in [-0.1, -0.05) is 35.4 Å². The summed E-state index contributed by atoms with van der Waals surface area (Å²) in [6, 6.07) is 13.4. The molecule has 2 fully saturated rings. The van der Waals surface area contributed by atoms with Crippen molar-refractivity contribution in [2.24, 2.45) is 9.98 Å². The maximum absolute atomic E-state index is 13.6. The molecule has 0 aliphatic carbocycles. The van der Waals surface area contributed by atoms with E-state index in [1.165, 1.54) is 16.7 Å². The molecule has 0 N–H and O–H groups in total. The summed E-state index contributed by atoms with van der Waals surface area (Å²) in [5.74, 6) is 1.87. The molecule has 4 aliphatic heterocycles. The van der Waals surface area contributed by atoms with Gasteiger partial charge < -0.3 is 33.6 Å². The van der Waals surface area contributed by atoms with Crippen LogP contribution in [0.3, 0.4) is 0 Å². The van der Waals surface area contributed by atoms with Crippen LogP contribution < -0.4 is 18.9 Å². The van der Waals surface area contributed by atoms with Crippen molar-refractivity contribution in [1.82, 2.24) is 14.7 Å². The average molecular weight is 732 g/mol. The van der Waals surface area contributed by atoms with Crippen LogP contribution in [0.1, 0.15) is 70.5 Å². The van der Waals surface area contributed by atoms with Gasteiger partial charge >= 0.3 is 0 Å². The Morgan fingerprint density at radius 3 is 1.57 bits per heavy atom. The number of rotatable bonds is 12. The average Bonchev–Trinajstić information content (AvgIpc) is 3.74. The quantitative estimate of drug-likeness (QED) is 0.183. The highest BCUT2D eigenvalue weighted by Crippen LogP contribution is 2.41. The molecule has 282 valence electrons. The van der Waals surface area contributed by atoms with Gasteiger partial charge in [-0.05, 0) is 95.1 Å². The van der Waals surface area contributed by atoms with Crippen LogP contribution >= 0.6 is 0 Å². The first-order valence-corrected chi connectivity index (χ1v) is 18.6. The molecule has 2 atom stereocenters. The lowest BCUT2D eigenvalue weighted by atomic mass is 10.0. The first-order chi connectivity index (χ1) is 26.2. The predicted octanol–water partition coefficient (Wildman–Crippen LogP) is 7.11. The van der Waals surface area contributed by atoms with Crippen molar-refractivity contribution in [3.05, 3.63) is 93.6 Å². The molecule has 3 aromatic rings. The summed E-state index contributed by atoms with van der Waals surface area (Å²) in [6.45, 7) is 6.73. The lowest BCUT2D eigenvalue weighted by Gasteiger charge is -2.20. The molecule has 0 spiro atoms.